The molecule has 2 aliphatic heterocycles. The molecule has 1 aromatic heterocycles. The van der Waals surface area contributed by atoms with Crippen molar-refractivity contribution in [2.24, 2.45) is 0 Å². The zero-order valence-corrected chi connectivity index (χ0v) is 38.1. The van der Waals surface area contributed by atoms with Crippen molar-refractivity contribution in [3.8, 4) is 11.4 Å². The van der Waals surface area contributed by atoms with Crippen LogP contribution in [-0.2, 0) is 42.4 Å². The predicted molar refractivity (Wildman–Crippen MR) is 242 cm³/mol. The minimum Gasteiger partial charge on any atom is -0.352 e. The summed E-state index contributed by atoms with van der Waals surface area (Å²) in [5.41, 5.74) is 8.38. The monoisotopic (exact) mass is 892 g/mol. The molecule has 3 aliphatic rings. The van der Waals surface area contributed by atoms with Gasteiger partial charge in [0.1, 0.15) is 7.05 Å². The van der Waals surface area contributed by atoms with Crippen LogP contribution in [0.1, 0.15) is 95.2 Å². The van der Waals surface area contributed by atoms with Crippen LogP contribution in [-0.4, -0.2) is 76.1 Å². The summed E-state index contributed by atoms with van der Waals surface area (Å²) in [5, 5.41) is 19.1. The Balaban J connectivity index is 1.02. The van der Waals surface area contributed by atoms with Gasteiger partial charge >= 0.3 is 0 Å². The number of hydrogen-bond acceptors (Lipinski definition) is 10. The number of amides is 1. The number of carbonyl (C=O) groups is 1. The second-order valence-corrected chi connectivity index (χ2v) is 20.3. The molecule has 0 spiro atoms. The highest BCUT2D eigenvalue weighted by Crippen LogP contribution is 2.49. The summed E-state index contributed by atoms with van der Waals surface area (Å²) in [7, 11) is -6.79. The van der Waals surface area contributed by atoms with Gasteiger partial charge in [0.2, 0.25) is 17.4 Å². The zero-order chi connectivity index (χ0) is 45.3. The Hall–Kier alpha value is -5.68. The molecule has 0 saturated heterocycles. The van der Waals surface area contributed by atoms with Crippen LogP contribution in [0.15, 0.2) is 118 Å². The highest BCUT2D eigenvalue weighted by atomic mass is 32.2. The number of hydrogen-bond donors (Lipinski definition) is 3. The Bertz CT molecular complexity index is 2830. The molecule has 0 saturated carbocycles. The minimum absolute atomic E-state index is 0.0290. The van der Waals surface area contributed by atoms with E-state index in [1.54, 1.807) is 31.2 Å². The van der Waals surface area contributed by atoms with E-state index < -0.39 is 31.1 Å². The Morgan fingerprint density at radius 2 is 1.48 bits per heavy atom. The third-order valence-corrected chi connectivity index (χ3v) is 13.9. The maximum atomic E-state index is 12.8. The minimum atomic E-state index is -4.41. The third-order valence-electron chi connectivity index (χ3n) is 12.2. The molecule has 63 heavy (non-hydrogen) atoms. The fraction of sp³-hybridized carbons (Fsp3) is 0.362. The van der Waals surface area contributed by atoms with Crippen LogP contribution in [0.4, 0.5) is 11.4 Å². The van der Waals surface area contributed by atoms with Gasteiger partial charge in [-0.15, -0.1) is 20.4 Å². The van der Waals surface area contributed by atoms with E-state index in [4.69, 9.17) is 0 Å². The summed E-state index contributed by atoms with van der Waals surface area (Å²) >= 11 is 0. The zero-order valence-electron chi connectivity index (χ0n) is 36.5. The Kier molecular flexibility index (Phi) is 12.8. The van der Waals surface area contributed by atoms with Gasteiger partial charge in [-0.05, 0) is 112 Å². The Morgan fingerprint density at radius 1 is 0.810 bits per heavy atom. The van der Waals surface area contributed by atoms with E-state index in [9.17, 15) is 30.7 Å². The number of allylic oxidation sites excluding steroid dienone is 8. The first-order chi connectivity index (χ1) is 29.7. The van der Waals surface area contributed by atoms with Crippen molar-refractivity contribution in [3.05, 3.63) is 130 Å². The molecular formula is C47H54N7O7S2+. The first-order valence-electron chi connectivity index (χ1n) is 21.1. The van der Waals surface area contributed by atoms with E-state index >= 15 is 0 Å². The number of unbranched alkanes of at least 4 members (excludes halogenated alkanes) is 2. The molecule has 0 unspecified atom stereocenters. The lowest BCUT2D eigenvalue weighted by atomic mass is 9.81. The fourth-order valence-corrected chi connectivity index (χ4v) is 9.75. The lowest BCUT2D eigenvalue weighted by Crippen LogP contribution is -2.27. The predicted octanol–water partition coefficient (Wildman–Crippen LogP) is 7.89. The summed E-state index contributed by atoms with van der Waals surface area (Å²) in [4.78, 5) is 14.7. The van der Waals surface area contributed by atoms with E-state index in [0.29, 0.717) is 37.6 Å². The number of carbonyl (C=O) groups excluding carboxylic acids is 1. The van der Waals surface area contributed by atoms with E-state index in [2.05, 4.69) is 79.4 Å². The molecule has 0 bridgehead atoms. The van der Waals surface area contributed by atoms with Crippen molar-refractivity contribution in [3.63, 3.8) is 0 Å². The standard InChI is InChI=1S/C47H53N7O7S2/c1-31-49-51-45(52-50-31)35-18-14-34(15-19-35)30-48-44(55)13-8-7-9-26-54-41-23-21-37(63(59,60)61)29-39(41)47(4,5)43(54)25-17-33-12-10-11-32(27-33)16-24-42-46(2,3)38-28-36(62(56,57)58)20-22-40(38)53(42)6/h14-25,27-29H,7-13,26,30H2,1-6H3,(H2-,48,55,56,57,58,59,60,61)/p+1. The molecular weight excluding hydrogens is 839 g/mol. The summed E-state index contributed by atoms with van der Waals surface area (Å²) < 4.78 is 69.9. The number of benzene rings is 3. The van der Waals surface area contributed by atoms with Crippen LogP contribution < -0.4 is 10.2 Å². The van der Waals surface area contributed by atoms with Crippen molar-refractivity contribution in [1.29, 1.82) is 0 Å². The first kappa shape index (κ1) is 45.3. The van der Waals surface area contributed by atoms with Gasteiger partial charge in [-0.3, -0.25) is 13.9 Å². The molecule has 3 heterocycles. The van der Waals surface area contributed by atoms with Crippen LogP contribution in [0.3, 0.4) is 0 Å². The Labute approximate surface area is 369 Å². The maximum absolute atomic E-state index is 12.8. The lowest BCUT2D eigenvalue weighted by Gasteiger charge is -2.27. The number of fused-ring (bicyclic) bond motifs is 2. The first-order valence-corrected chi connectivity index (χ1v) is 23.9. The fourth-order valence-electron chi connectivity index (χ4n) is 8.73. The quantitative estimate of drug-likeness (QED) is 0.0630. The van der Waals surface area contributed by atoms with Crippen molar-refractivity contribution in [2.75, 3.05) is 18.5 Å². The van der Waals surface area contributed by atoms with Crippen molar-refractivity contribution >= 4 is 43.2 Å². The van der Waals surface area contributed by atoms with Gasteiger partial charge in [-0.1, -0.05) is 62.8 Å². The highest BCUT2D eigenvalue weighted by molar-refractivity contribution is 7.86. The van der Waals surface area contributed by atoms with E-state index in [-0.39, 0.29) is 15.7 Å². The van der Waals surface area contributed by atoms with Crippen LogP contribution in [0.2, 0.25) is 0 Å². The molecule has 7 rings (SSSR count). The van der Waals surface area contributed by atoms with E-state index in [0.717, 1.165) is 88.3 Å². The molecule has 3 aromatic carbocycles. The Morgan fingerprint density at radius 3 is 2.16 bits per heavy atom. The summed E-state index contributed by atoms with van der Waals surface area (Å²) in [6.07, 6.45) is 16.1. The molecule has 0 fully saturated rings. The molecule has 4 aromatic rings. The van der Waals surface area contributed by atoms with Gasteiger partial charge in [-0.25, -0.2) is 0 Å². The lowest BCUT2D eigenvalue weighted by molar-refractivity contribution is -0.401. The molecule has 14 nitrogen and oxygen atoms in total. The third kappa shape index (κ3) is 9.94. The smallest absolute Gasteiger partial charge is 0.294 e. The highest BCUT2D eigenvalue weighted by Gasteiger charge is 2.44. The number of nitrogens with zero attached hydrogens (tertiary/aromatic N) is 6. The molecule has 330 valence electrons. The summed E-state index contributed by atoms with van der Waals surface area (Å²) in [6.45, 7) is 11.0. The van der Waals surface area contributed by atoms with Crippen LogP contribution in [0.5, 0.6) is 0 Å². The van der Waals surface area contributed by atoms with Crippen LogP contribution in [0.25, 0.3) is 11.4 Å². The normalized spacial score (nSPS) is 18.3. The molecule has 0 radical (unpaired) electrons. The van der Waals surface area contributed by atoms with Crippen LogP contribution in [0, 0.1) is 6.92 Å². The maximum Gasteiger partial charge on any atom is 0.294 e. The van der Waals surface area contributed by atoms with E-state index in [1.165, 1.54) is 12.1 Å². The topological polar surface area (TPSA) is 196 Å². The number of nitrogens with one attached hydrogen (secondary N) is 1. The number of aromatic nitrogens is 4. The van der Waals surface area contributed by atoms with Gasteiger partial charge in [0.05, 0.1) is 15.2 Å². The SMILES string of the molecule is Cc1nnc(-c2ccc(CNC(=O)CCCCCN3/C(=C\C=C4C=C(/C=C/C5=[N+](C)c6ccc(S(=O)(=O)O)cc6C5(C)C)CCC\4)C(C)(C)c4cc(S(=O)(=O)O)ccc43)cc2)nn1. The summed E-state index contributed by atoms with van der Waals surface area (Å²) in [5.74, 6) is 0.909. The van der Waals surface area contributed by atoms with Gasteiger partial charge in [0.15, 0.2) is 11.5 Å². The number of rotatable bonds is 14. The van der Waals surface area contributed by atoms with Crippen molar-refractivity contribution < 1.29 is 35.3 Å². The molecule has 0 atom stereocenters. The van der Waals surface area contributed by atoms with Gasteiger partial charge in [0.25, 0.3) is 20.2 Å². The van der Waals surface area contributed by atoms with Gasteiger partial charge in [0, 0.05) is 59.6 Å². The molecule has 1 aliphatic carbocycles. The second kappa shape index (κ2) is 17.8. The van der Waals surface area contributed by atoms with Crippen LogP contribution >= 0.6 is 0 Å². The molecule has 1 amide bonds. The van der Waals surface area contributed by atoms with E-state index in [1.807, 2.05) is 45.2 Å². The molecule has 16 heteroatoms. The second-order valence-electron chi connectivity index (χ2n) is 17.4. The average Bonchev–Trinajstić information content (AvgIpc) is 3.57. The van der Waals surface area contributed by atoms with Gasteiger partial charge in [-0.2, -0.15) is 21.4 Å². The largest absolute Gasteiger partial charge is 0.352 e. The van der Waals surface area contributed by atoms with Crippen molar-refractivity contribution in [1.82, 2.24) is 25.7 Å². The van der Waals surface area contributed by atoms with Crippen molar-refractivity contribution in [2.45, 2.75) is 107 Å². The summed E-state index contributed by atoms with van der Waals surface area (Å²) in [6, 6.07) is 17.1. The average molecular weight is 893 g/mol. The molecule has 3 N–H and O–H groups in total. The number of anilines is 1. The number of aryl methyl sites for hydroxylation is 1. The van der Waals surface area contributed by atoms with Gasteiger partial charge < -0.3 is 10.2 Å².